The number of benzene rings is 1. The monoisotopic (exact) mass is 263 g/mol. The zero-order chi connectivity index (χ0) is 13.7. The van der Waals surface area contributed by atoms with Crippen molar-refractivity contribution < 1.29 is 14.6 Å². The lowest BCUT2D eigenvalue weighted by molar-refractivity contribution is -0.127. The van der Waals surface area contributed by atoms with Crippen LogP contribution >= 0.6 is 0 Å². The first kappa shape index (κ1) is 13.9. The van der Waals surface area contributed by atoms with E-state index in [0.717, 1.165) is 24.2 Å². The summed E-state index contributed by atoms with van der Waals surface area (Å²) >= 11 is 0. The number of rotatable bonds is 6. The van der Waals surface area contributed by atoms with Gasteiger partial charge in [0, 0.05) is 19.6 Å². The van der Waals surface area contributed by atoms with Crippen molar-refractivity contribution in [1.29, 1.82) is 0 Å². The smallest absolute Gasteiger partial charge is 0.261 e. The molecular formula is C15H21NO3. The van der Waals surface area contributed by atoms with Crippen LogP contribution in [-0.4, -0.2) is 30.3 Å². The van der Waals surface area contributed by atoms with Gasteiger partial charge in [-0.2, -0.15) is 0 Å². The third-order valence-corrected chi connectivity index (χ3v) is 3.42. The fourth-order valence-electron chi connectivity index (χ4n) is 2.20. The summed E-state index contributed by atoms with van der Waals surface area (Å²) in [5.74, 6) is 1.06. The van der Waals surface area contributed by atoms with Crippen LogP contribution in [0, 0.1) is 5.92 Å². The fraction of sp³-hybridized carbons (Fsp3) is 0.533. The predicted molar refractivity (Wildman–Crippen MR) is 73.1 cm³/mol. The van der Waals surface area contributed by atoms with Gasteiger partial charge in [0.1, 0.15) is 5.75 Å². The average molecular weight is 263 g/mol. The van der Waals surface area contributed by atoms with E-state index >= 15 is 0 Å². The highest BCUT2D eigenvalue weighted by molar-refractivity contribution is 5.82. The molecule has 1 aliphatic heterocycles. The number of hydrogen-bond donors (Lipinski definition) is 2. The molecule has 1 aliphatic rings. The molecule has 2 unspecified atom stereocenters. The summed E-state index contributed by atoms with van der Waals surface area (Å²) in [4.78, 5) is 11.9. The number of para-hydroxylation sites is 1. The Bertz CT molecular complexity index is 408. The number of aliphatic hydroxyl groups excluding tert-OH is 1. The van der Waals surface area contributed by atoms with Crippen molar-refractivity contribution in [2.45, 2.75) is 32.3 Å². The van der Waals surface area contributed by atoms with Gasteiger partial charge in [-0.05, 0) is 30.4 Å². The summed E-state index contributed by atoms with van der Waals surface area (Å²) in [7, 11) is 0. The molecule has 2 atom stereocenters. The molecule has 2 N–H and O–H groups in total. The molecule has 0 aliphatic carbocycles. The number of amides is 1. The highest BCUT2D eigenvalue weighted by Crippen LogP contribution is 2.28. The summed E-state index contributed by atoms with van der Waals surface area (Å²) in [6.45, 7) is 2.84. The molecule has 104 valence electrons. The third kappa shape index (κ3) is 3.70. The van der Waals surface area contributed by atoms with Crippen LogP contribution in [0.15, 0.2) is 24.3 Å². The van der Waals surface area contributed by atoms with E-state index in [1.807, 2.05) is 31.2 Å². The molecule has 19 heavy (non-hydrogen) atoms. The quantitative estimate of drug-likeness (QED) is 0.765. The van der Waals surface area contributed by atoms with Gasteiger partial charge >= 0.3 is 0 Å². The summed E-state index contributed by atoms with van der Waals surface area (Å²) in [5, 5.41) is 11.8. The minimum absolute atomic E-state index is 0.0483. The van der Waals surface area contributed by atoms with E-state index in [2.05, 4.69) is 5.32 Å². The molecule has 0 fully saturated rings. The molecule has 0 saturated carbocycles. The van der Waals surface area contributed by atoms with Gasteiger partial charge in [0.2, 0.25) is 0 Å². The van der Waals surface area contributed by atoms with Gasteiger partial charge in [-0.25, -0.2) is 0 Å². The van der Waals surface area contributed by atoms with Crippen molar-refractivity contribution >= 4 is 5.91 Å². The second-order valence-corrected chi connectivity index (χ2v) is 5.14. The predicted octanol–water partition coefficient (Wildman–Crippen LogP) is 1.51. The molecule has 0 spiro atoms. The Morgan fingerprint density at radius 3 is 3.05 bits per heavy atom. The van der Waals surface area contributed by atoms with Gasteiger partial charge in [-0.3, -0.25) is 4.79 Å². The standard InChI is InChI=1S/C15H21NO3/c1-11(10-17)5-4-8-16-15(18)14-9-12-6-2-3-7-13(12)19-14/h2-3,6-7,11,14,17H,4-5,8-10H2,1H3,(H,16,18). The molecule has 0 radical (unpaired) electrons. The topological polar surface area (TPSA) is 58.6 Å². The van der Waals surface area contributed by atoms with Gasteiger partial charge in [-0.15, -0.1) is 0 Å². The number of ether oxygens (including phenoxy) is 1. The minimum atomic E-state index is -0.396. The number of aliphatic hydroxyl groups is 1. The summed E-state index contributed by atoms with van der Waals surface area (Å²) in [5.41, 5.74) is 1.09. The number of carbonyl (C=O) groups excluding carboxylic acids is 1. The zero-order valence-corrected chi connectivity index (χ0v) is 11.3. The maximum Gasteiger partial charge on any atom is 0.261 e. The first-order valence-corrected chi connectivity index (χ1v) is 6.84. The maximum atomic E-state index is 11.9. The van der Waals surface area contributed by atoms with Crippen LogP contribution in [0.5, 0.6) is 5.75 Å². The Morgan fingerprint density at radius 1 is 1.53 bits per heavy atom. The van der Waals surface area contributed by atoms with Crippen LogP contribution in [0.1, 0.15) is 25.3 Å². The van der Waals surface area contributed by atoms with Crippen LogP contribution in [0.3, 0.4) is 0 Å². The van der Waals surface area contributed by atoms with E-state index in [-0.39, 0.29) is 12.5 Å². The van der Waals surface area contributed by atoms with Crippen LogP contribution in [0.25, 0.3) is 0 Å². The Morgan fingerprint density at radius 2 is 2.32 bits per heavy atom. The van der Waals surface area contributed by atoms with Gasteiger partial charge in [0.25, 0.3) is 5.91 Å². The number of fused-ring (bicyclic) bond motifs is 1. The summed E-state index contributed by atoms with van der Waals surface area (Å²) in [6, 6.07) is 7.76. The van der Waals surface area contributed by atoms with Gasteiger partial charge in [0.05, 0.1) is 0 Å². The summed E-state index contributed by atoms with van der Waals surface area (Å²) in [6.07, 6.45) is 2.05. The van der Waals surface area contributed by atoms with Crippen molar-refractivity contribution in [2.24, 2.45) is 5.92 Å². The highest BCUT2D eigenvalue weighted by atomic mass is 16.5. The van der Waals surface area contributed by atoms with Crippen LogP contribution < -0.4 is 10.1 Å². The molecule has 4 heteroatoms. The van der Waals surface area contributed by atoms with E-state index in [4.69, 9.17) is 9.84 Å². The molecular weight excluding hydrogens is 242 g/mol. The Hall–Kier alpha value is -1.55. The molecule has 2 rings (SSSR count). The van der Waals surface area contributed by atoms with E-state index in [1.165, 1.54) is 0 Å². The average Bonchev–Trinajstić information content (AvgIpc) is 2.87. The molecule has 1 amide bonds. The Labute approximate surface area is 113 Å². The molecule has 1 aromatic rings. The van der Waals surface area contributed by atoms with Crippen LogP contribution in [0.4, 0.5) is 0 Å². The lowest BCUT2D eigenvalue weighted by Crippen LogP contribution is -2.38. The molecule has 0 aromatic heterocycles. The SMILES string of the molecule is CC(CO)CCCNC(=O)C1Cc2ccccc2O1. The Kier molecular flexibility index (Phi) is 4.80. The number of nitrogens with one attached hydrogen (secondary N) is 1. The number of carbonyl (C=O) groups is 1. The van der Waals surface area contributed by atoms with E-state index in [0.29, 0.717) is 18.9 Å². The van der Waals surface area contributed by atoms with Gasteiger partial charge in [-0.1, -0.05) is 25.1 Å². The number of hydrogen-bond acceptors (Lipinski definition) is 3. The van der Waals surface area contributed by atoms with Gasteiger partial charge < -0.3 is 15.2 Å². The minimum Gasteiger partial charge on any atom is -0.480 e. The summed E-state index contributed by atoms with van der Waals surface area (Å²) < 4.78 is 5.62. The van der Waals surface area contributed by atoms with Crippen molar-refractivity contribution in [3.63, 3.8) is 0 Å². The molecule has 1 aromatic carbocycles. The van der Waals surface area contributed by atoms with E-state index in [1.54, 1.807) is 0 Å². The van der Waals surface area contributed by atoms with Crippen LogP contribution in [0.2, 0.25) is 0 Å². The maximum absolute atomic E-state index is 11.9. The highest BCUT2D eigenvalue weighted by Gasteiger charge is 2.28. The molecule has 1 heterocycles. The second kappa shape index (κ2) is 6.57. The zero-order valence-electron chi connectivity index (χ0n) is 11.3. The first-order chi connectivity index (χ1) is 9.20. The van der Waals surface area contributed by atoms with Crippen molar-refractivity contribution in [3.05, 3.63) is 29.8 Å². The van der Waals surface area contributed by atoms with Crippen molar-refractivity contribution in [3.8, 4) is 5.75 Å². The fourth-order valence-corrected chi connectivity index (χ4v) is 2.20. The van der Waals surface area contributed by atoms with Gasteiger partial charge in [0.15, 0.2) is 6.10 Å². The largest absolute Gasteiger partial charge is 0.480 e. The van der Waals surface area contributed by atoms with E-state index in [9.17, 15) is 4.79 Å². The lowest BCUT2D eigenvalue weighted by Gasteiger charge is -2.12. The molecule has 4 nitrogen and oxygen atoms in total. The van der Waals surface area contributed by atoms with E-state index < -0.39 is 6.10 Å². The third-order valence-electron chi connectivity index (χ3n) is 3.42. The van der Waals surface area contributed by atoms with Crippen LogP contribution in [-0.2, 0) is 11.2 Å². The van der Waals surface area contributed by atoms with Crippen molar-refractivity contribution in [1.82, 2.24) is 5.32 Å². The Balaban J connectivity index is 1.71. The molecule has 0 saturated heterocycles. The van der Waals surface area contributed by atoms with Crippen molar-refractivity contribution in [2.75, 3.05) is 13.2 Å². The molecule has 0 bridgehead atoms. The first-order valence-electron chi connectivity index (χ1n) is 6.84. The normalized spacial score (nSPS) is 18.5. The second-order valence-electron chi connectivity index (χ2n) is 5.14. The lowest BCUT2D eigenvalue weighted by atomic mass is 10.1.